The molecule has 1 aliphatic heterocycles. The Morgan fingerprint density at radius 2 is 2.05 bits per heavy atom. The van der Waals surface area contributed by atoms with E-state index >= 15 is 0 Å². The van der Waals surface area contributed by atoms with E-state index in [0.29, 0.717) is 5.54 Å². The molecule has 3 rings (SSSR count). The summed E-state index contributed by atoms with van der Waals surface area (Å²) in [6.07, 6.45) is 12.4. The first-order valence-electron chi connectivity index (χ1n) is 8.71. The molecule has 1 N–H and O–H groups in total. The van der Waals surface area contributed by atoms with Crippen LogP contribution < -0.4 is 5.32 Å². The molecule has 21 heavy (non-hydrogen) atoms. The molecule has 2 fully saturated rings. The van der Waals surface area contributed by atoms with Gasteiger partial charge in [-0.15, -0.1) is 0 Å². The van der Waals surface area contributed by atoms with Gasteiger partial charge in [-0.05, 0) is 38.0 Å². The Bertz CT molecular complexity index is 420. The Labute approximate surface area is 128 Å². The monoisotopic (exact) mass is 290 g/mol. The smallest absolute Gasteiger partial charge is 0.0945 e. The van der Waals surface area contributed by atoms with Gasteiger partial charge in [-0.3, -0.25) is 4.90 Å². The van der Waals surface area contributed by atoms with Crippen LogP contribution in [0.3, 0.4) is 0 Å². The second-order valence-electron chi connectivity index (χ2n) is 6.90. The van der Waals surface area contributed by atoms with Crippen molar-refractivity contribution in [2.24, 2.45) is 5.92 Å². The molecule has 1 aromatic rings. The molecule has 2 aliphatic rings. The van der Waals surface area contributed by atoms with Crippen molar-refractivity contribution in [3.05, 3.63) is 18.7 Å². The number of hydrogen-bond donors (Lipinski definition) is 1. The number of piperazine rings is 1. The SMILES string of the molecule is CCC1(CC)CN(CCCn2ccnc2)C(C2CC2)CN1. The fourth-order valence-corrected chi connectivity index (χ4v) is 3.80. The third-order valence-electron chi connectivity index (χ3n) is 5.60. The van der Waals surface area contributed by atoms with Gasteiger partial charge >= 0.3 is 0 Å². The van der Waals surface area contributed by atoms with Crippen LogP contribution in [0, 0.1) is 5.92 Å². The third kappa shape index (κ3) is 3.49. The molecular formula is C17H30N4. The first-order chi connectivity index (χ1) is 10.3. The van der Waals surface area contributed by atoms with Gasteiger partial charge in [0, 0.05) is 50.2 Å². The topological polar surface area (TPSA) is 33.1 Å². The number of aromatic nitrogens is 2. The highest BCUT2D eigenvalue weighted by molar-refractivity contribution is 5.01. The summed E-state index contributed by atoms with van der Waals surface area (Å²) in [5.74, 6) is 0.956. The minimum atomic E-state index is 0.348. The zero-order valence-corrected chi connectivity index (χ0v) is 13.6. The zero-order valence-electron chi connectivity index (χ0n) is 13.6. The number of imidazole rings is 1. The van der Waals surface area contributed by atoms with Gasteiger partial charge in [-0.1, -0.05) is 13.8 Å². The average Bonchev–Trinajstić information content (AvgIpc) is 3.23. The van der Waals surface area contributed by atoms with Crippen LogP contribution in [0.1, 0.15) is 46.0 Å². The third-order valence-corrected chi connectivity index (χ3v) is 5.60. The van der Waals surface area contributed by atoms with Crippen molar-refractivity contribution >= 4 is 0 Å². The average molecular weight is 290 g/mol. The Hall–Kier alpha value is -0.870. The van der Waals surface area contributed by atoms with Crippen molar-refractivity contribution < 1.29 is 0 Å². The van der Waals surface area contributed by atoms with Crippen LogP contribution in [0.15, 0.2) is 18.7 Å². The van der Waals surface area contributed by atoms with E-state index in [4.69, 9.17) is 0 Å². The molecule has 118 valence electrons. The summed E-state index contributed by atoms with van der Waals surface area (Å²) in [6, 6.07) is 0.777. The largest absolute Gasteiger partial charge is 0.337 e. The first kappa shape index (κ1) is 15.0. The van der Waals surface area contributed by atoms with Crippen LogP contribution in [0.4, 0.5) is 0 Å². The number of nitrogens with one attached hydrogen (secondary N) is 1. The maximum Gasteiger partial charge on any atom is 0.0945 e. The van der Waals surface area contributed by atoms with Crippen LogP contribution in [-0.2, 0) is 6.54 Å². The van der Waals surface area contributed by atoms with E-state index in [1.807, 2.05) is 12.5 Å². The molecule has 1 unspecified atom stereocenters. The lowest BCUT2D eigenvalue weighted by molar-refractivity contribution is 0.0601. The number of hydrogen-bond acceptors (Lipinski definition) is 3. The van der Waals surface area contributed by atoms with Crippen LogP contribution >= 0.6 is 0 Å². The van der Waals surface area contributed by atoms with E-state index in [0.717, 1.165) is 18.5 Å². The van der Waals surface area contributed by atoms with E-state index in [-0.39, 0.29) is 0 Å². The van der Waals surface area contributed by atoms with Crippen molar-refractivity contribution in [3.63, 3.8) is 0 Å². The molecule has 4 nitrogen and oxygen atoms in total. The molecule has 0 bridgehead atoms. The molecule has 0 amide bonds. The summed E-state index contributed by atoms with van der Waals surface area (Å²) in [4.78, 5) is 6.92. The summed E-state index contributed by atoms with van der Waals surface area (Å²) in [5, 5.41) is 3.88. The lowest BCUT2D eigenvalue weighted by Gasteiger charge is -2.48. The Morgan fingerprint density at radius 1 is 1.24 bits per heavy atom. The molecule has 4 heteroatoms. The fourth-order valence-electron chi connectivity index (χ4n) is 3.80. The minimum absolute atomic E-state index is 0.348. The first-order valence-corrected chi connectivity index (χ1v) is 8.71. The number of nitrogens with zero attached hydrogens (tertiary/aromatic N) is 3. The molecule has 1 saturated heterocycles. The van der Waals surface area contributed by atoms with Gasteiger partial charge in [0.25, 0.3) is 0 Å². The standard InChI is InChI=1S/C17H30N4/c1-3-17(4-2)13-21(16(12-19-17)15-6-7-15)10-5-9-20-11-8-18-14-20/h8,11,14-16,19H,3-7,9-10,12-13H2,1-2H3. The van der Waals surface area contributed by atoms with Gasteiger partial charge in [0.2, 0.25) is 0 Å². The van der Waals surface area contributed by atoms with E-state index < -0.39 is 0 Å². The summed E-state index contributed by atoms with van der Waals surface area (Å²) in [6.45, 7) is 9.40. The van der Waals surface area contributed by atoms with Gasteiger partial charge < -0.3 is 9.88 Å². The fraction of sp³-hybridized carbons (Fsp3) is 0.824. The van der Waals surface area contributed by atoms with E-state index in [2.05, 4.69) is 39.8 Å². The minimum Gasteiger partial charge on any atom is -0.337 e. The molecule has 0 aromatic carbocycles. The highest BCUT2D eigenvalue weighted by atomic mass is 15.3. The summed E-state index contributed by atoms with van der Waals surface area (Å²) < 4.78 is 2.20. The lowest BCUT2D eigenvalue weighted by atomic mass is 9.87. The second kappa shape index (κ2) is 6.49. The van der Waals surface area contributed by atoms with Gasteiger partial charge in [-0.2, -0.15) is 0 Å². The molecule has 1 aromatic heterocycles. The molecule has 1 aliphatic carbocycles. The van der Waals surface area contributed by atoms with E-state index in [1.165, 1.54) is 51.7 Å². The molecule has 0 radical (unpaired) electrons. The molecule has 1 saturated carbocycles. The Morgan fingerprint density at radius 3 is 2.67 bits per heavy atom. The second-order valence-corrected chi connectivity index (χ2v) is 6.90. The normalized spacial score (nSPS) is 26.1. The molecule has 0 spiro atoms. The predicted octanol–water partition coefficient (Wildman–Crippen LogP) is 2.52. The van der Waals surface area contributed by atoms with Crippen LogP contribution in [0.5, 0.6) is 0 Å². The van der Waals surface area contributed by atoms with Crippen molar-refractivity contribution in [1.29, 1.82) is 0 Å². The van der Waals surface area contributed by atoms with E-state index in [1.54, 1.807) is 0 Å². The maximum atomic E-state index is 4.13. The number of aryl methyl sites for hydroxylation is 1. The van der Waals surface area contributed by atoms with Crippen molar-refractivity contribution in [2.45, 2.75) is 64.1 Å². The Kier molecular flexibility index (Phi) is 4.65. The molecule has 1 atom stereocenters. The summed E-state index contributed by atoms with van der Waals surface area (Å²) in [5.41, 5.74) is 0.348. The van der Waals surface area contributed by atoms with Gasteiger partial charge in [0.15, 0.2) is 0 Å². The zero-order chi connectivity index (χ0) is 14.7. The van der Waals surface area contributed by atoms with Crippen molar-refractivity contribution in [1.82, 2.24) is 19.8 Å². The molecular weight excluding hydrogens is 260 g/mol. The maximum absolute atomic E-state index is 4.13. The summed E-state index contributed by atoms with van der Waals surface area (Å²) >= 11 is 0. The van der Waals surface area contributed by atoms with Gasteiger partial charge in [-0.25, -0.2) is 4.98 Å². The van der Waals surface area contributed by atoms with Gasteiger partial charge in [0.1, 0.15) is 0 Å². The predicted molar refractivity (Wildman–Crippen MR) is 86.2 cm³/mol. The highest BCUT2D eigenvalue weighted by Gasteiger charge is 2.42. The summed E-state index contributed by atoms with van der Waals surface area (Å²) in [7, 11) is 0. The quantitative estimate of drug-likeness (QED) is 0.837. The van der Waals surface area contributed by atoms with E-state index in [9.17, 15) is 0 Å². The highest BCUT2D eigenvalue weighted by Crippen LogP contribution is 2.38. The van der Waals surface area contributed by atoms with Gasteiger partial charge in [0.05, 0.1) is 6.33 Å². The Balaban J connectivity index is 1.57. The lowest BCUT2D eigenvalue weighted by Crippen LogP contribution is -2.64. The van der Waals surface area contributed by atoms with Crippen LogP contribution in [-0.4, -0.2) is 45.7 Å². The molecule has 2 heterocycles. The van der Waals surface area contributed by atoms with Crippen LogP contribution in [0.2, 0.25) is 0 Å². The van der Waals surface area contributed by atoms with Crippen molar-refractivity contribution in [2.75, 3.05) is 19.6 Å². The van der Waals surface area contributed by atoms with Crippen LogP contribution in [0.25, 0.3) is 0 Å². The van der Waals surface area contributed by atoms with Crippen molar-refractivity contribution in [3.8, 4) is 0 Å². The number of rotatable bonds is 7.